The maximum Gasteiger partial charge on any atom is 0.232 e. The van der Waals surface area contributed by atoms with Crippen LogP contribution in [-0.4, -0.2) is 25.6 Å². The molecule has 1 aromatic heterocycles. The molecule has 0 bridgehead atoms. The first-order valence-electron chi connectivity index (χ1n) is 5.37. The Morgan fingerprint density at radius 1 is 1.20 bits per heavy atom. The fourth-order valence-electron chi connectivity index (χ4n) is 1.76. The van der Waals surface area contributed by atoms with Crippen LogP contribution < -0.4 is 0 Å². The van der Waals surface area contributed by atoms with Gasteiger partial charge in [0.25, 0.3) is 0 Å². The molecule has 1 heterocycles. The molecule has 1 aromatic carbocycles. The summed E-state index contributed by atoms with van der Waals surface area (Å²) >= 11 is 0. The Labute approximate surface area is 113 Å². The molecule has 0 aliphatic heterocycles. The molecule has 0 atom stereocenters. The SMILES string of the molecule is Cc1noc(C(=O)c2cc(F)cc(F)c2)c1S(C)(=O)=O. The molecule has 0 spiro atoms. The minimum absolute atomic E-state index is 0.00715. The summed E-state index contributed by atoms with van der Waals surface area (Å²) < 4.78 is 54.1. The molecular formula is C12H9F2NO4S. The molecule has 0 saturated heterocycles. The molecular weight excluding hydrogens is 292 g/mol. The van der Waals surface area contributed by atoms with Crippen molar-refractivity contribution in [3.63, 3.8) is 0 Å². The number of ketones is 1. The van der Waals surface area contributed by atoms with Gasteiger partial charge in [-0.25, -0.2) is 17.2 Å². The monoisotopic (exact) mass is 301 g/mol. The molecule has 2 aromatic rings. The Balaban J connectivity index is 2.61. The van der Waals surface area contributed by atoms with Crippen molar-refractivity contribution in [2.45, 2.75) is 11.8 Å². The molecule has 0 fully saturated rings. The Hall–Kier alpha value is -2.09. The first-order valence-corrected chi connectivity index (χ1v) is 7.26. The van der Waals surface area contributed by atoms with Gasteiger partial charge in [-0.2, -0.15) is 0 Å². The van der Waals surface area contributed by atoms with Gasteiger partial charge in [0.2, 0.25) is 11.5 Å². The van der Waals surface area contributed by atoms with Crippen LogP contribution in [0.2, 0.25) is 0 Å². The first-order chi connectivity index (χ1) is 9.20. The number of hydrogen-bond acceptors (Lipinski definition) is 5. The number of hydrogen-bond donors (Lipinski definition) is 0. The van der Waals surface area contributed by atoms with Crippen molar-refractivity contribution in [2.75, 3.05) is 6.26 Å². The van der Waals surface area contributed by atoms with E-state index in [2.05, 4.69) is 5.16 Å². The van der Waals surface area contributed by atoms with Crippen molar-refractivity contribution >= 4 is 15.6 Å². The average Bonchev–Trinajstić information content (AvgIpc) is 2.68. The van der Waals surface area contributed by atoms with Crippen molar-refractivity contribution in [3.05, 3.63) is 46.9 Å². The lowest BCUT2D eigenvalue weighted by molar-refractivity contribution is 0.0995. The lowest BCUT2D eigenvalue weighted by atomic mass is 10.1. The molecule has 106 valence electrons. The van der Waals surface area contributed by atoms with Crippen LogP contribution in [0.15, 0.2) is 27.6 Å². The maximum atomic E-state index is 13.1. The minimum Gasteiger partial charge on any atom is -0.351 e. The van der Waals surface area contributed by atoms with Gasteiger partial charge in [-0.3, -0.25) is 4.79 Å². The highest BCUT2D eigenvalue weighted by molar-refractivity contribution is 7.90. The summed E-state index contributed by atoms with van der Waals surface area (Å²) in [7, 11) is -3.76. The lowest BCUT2D eigenvalue weighted by Crippen LogP contribution is -2.08. The van der Waals surface area contributed by atoms with Crippen molar-refractivity contribution in [1.82, 2.24) is 5.16 Å². The standard InChI is InChI=1S/C12H9F2NO4S/c1-6-12(20(2,17)18)11(19-15-6)10(16)7-3-8(13)5-9(14)4-7/h3-5H,1-2H3. The van der Waals surface area contributed by atoms with E-state index in [0.717, 1.165) is 18.4 Å². The van der Waals surface area contributed by atoms with Crippen molar-refractivity contribution in [3.8, 4) is 0 Å². The number of aromatic nitrogens is 1. The van der Waals surface area contributed by atoms with Gasteiger partial charge in [0.15, 0.2) is 9.84 Å². The molecule has 0 radical (unpaired) electrons. The number of carbonyl (C=O) groups excluding carboxylic acids is 1. The summed E-state index contributed by atoms with van der Waals surface area (Å²) in [4.78, 5) is 11.7. The number of benzene rings is 1. The van der Waals surface area contributed by atoms with Crippen LogP contribution in [0.25, 0.3) is 0 Å². The zero-order valence-electron chi connectivity index (χ0n) is 10.5. The average molecular weight is 301 g/mol. The maximum absolute atomic E-state index is 13.1. The van der Waals surface area contributed by atoms with Crippen LogP contribution in [0, 0.1) is 18.6 Å². The molecule has 0 amide bonds. The topological polar surface area (TPSA) is 77.2 Å². The van der Waals surface area contributed by atoms with Crippen LogP contribution in [-0.2, 0) is 9.84 Å². The van der Waals surface area contributed by atoms with E-state index in [1.54, 1.807) is 0 Å². The summed E-state index contributed by atoms with van der Waals surface area (Å²) in [5.41, 5.74) is -0.351. The lowest BCUT2D eigenvalue weighted by Gasteiger charge is -2.01. The van der Waals surface area contributed by atoms with Crippen LogP contribution in [0.5, 0.6) is 0 Å². The third kappa shape index (κ3) is 2.60. The second-order valence-electron chi connectivity index (χ2n) is 4.19. The number of rotatable bonds is 3. The van der Waals surface area contributed by atoms with Crippen molar-refractivity contribution in [1.29, 1.82) is 0 Å². The third-order valence-corrected chi connectivity index (χ3v) is 3.73. The molecule has 0 saturated carbocycles. The number of aryl methyl sites for hydroxylation is 1. The quantitative estimate of drug-likeness (QED) is 0.809. The van der Waals surface area contributed by atoms with E-state index in [4.69, 9.17) is 4.52 Å². The van der Waals surface area contributed by atoms with Gasteiger partial charge in [0.1, 0.15) is 16.5 Å². The van der Waals surface area contributed by atoms with Crippen LogP contribution >= 0.6 is 0 Å². The van der Waals surface area contributed by atoms with Crippen molar-refractivity contribution in [2.24, 2.45) is 0 Å². The van der Waals surface area contributed by atoms with Gasteiger partial charge >= 0.3 is 0 Å². The zero-order valence-corrected chi connectivity index (χ0v) is 11.3. The number of sulfone groups is 1. The normalized spacial score (nSPS) is 11.6. The van der Waals surface area contributed by atoms with E-state index in [0.29, 0.717) is 6.07 Å². The molecule has 8 heteroatoms. The van der Waals surface area contributed by atoms with E-state index in [1.165, 1.54) is 6.92 Å². The summed E-state index contributed by atoms with van der Waals surface area (Å²) in [6.07, 6.45) is 0.884. The van der Waals surface area contributed by atoms with Gasteiger partial charge in [0, 0.05) is 17.9 Å². The molecule has 0 aliphatic carbocycles. The van der Waals surface area contributed by atoms with Crippen LogP contribution in [0.3, 0.4) is 0 Å². The van der Waals surface area contributed by atoms with Gasteiger partial charge in [0.05, 0.1) is 5.69 Å². The van der Waals surface area contributed by atoms with Gasteiger partial charge in [-0.05, 0) is 19.1 Å². The largest absolute Gasteiger partial charge is 0.351 e. The van der Waals surface area contributed by atoms with E-state index in [-0.39, 0.29) is 16.2 Å². The smallest absolute Gasteiger partial charge is 0.232 e. The highest BCUT2D eigenvalue weighted by Crippen LogP contribution is 2.23. The third-order valence-electron chi connectivity index (χ3n) is 2.51. The Morgan fingerprint density at radius 2 is 1.75 bits per heavy atom. The fourth-order valence-corrected chi connectivity index (χ4v) is 2.80. The summed E-state index contributed by atoms with van der Waals surface area (Å²) in [6.45, 7) is 1.35. The number of nitrogens with zero attached hydrogens (tertiary/aromatic N) is 1. The van der Waals surface area contributed by atoms with E-state index < -0.39 is 33.0 Å². The van der Waals surface area contributed by atoms with Crippen molar-refractivity contribution < 1.29 is 26.5 Å². The highest BCUT2D eigenvalue weighted by Gasteiger charge is 2.28. The first kappa shape index (κ1) is 14.3. The summed E-state index contributed by atoms with van der Waals surface area (Å²) in [5, 5.41) is 3.41. The fraction of sp³-hybridized carbons (Fsp3) is 0.167. The molecule has 20 heavy (non-hydrogen) atoms. The van der Waals surface area contributed by atoms with Crippen LogP contribution in [0.4, 0.5) is 8.78 Å². The van der Waals surface area contributed by atoms with Gasteiger partial charge in [-0.1, -0.05) is 5.16 Å². The second kappa shape index (κ2) is 4.78. The Bertz CT molecular complexity index is 776. The Morgan fingerprint density at radius 3 is 2.25 bits per heavy atom. The van der Waals surface area contributed by atoms with E-state index in [9.17, 15) is 22.0 Å². The minimum atomic E-state index is -3.76. The number of carbonyl (C=O) groups is 1. The Kier molecular flexibility index (Phi) is 3.43. The van der Waals surface area contributed by atoms with E-state index in [1.807, 2.05) is 0 Å². The highest BCUT2D eigenvalue weighted by atomic mass is 32.2. The number of halogens is 2. The molecule has 2 rings (SSSR count). The van der Waals surface area contributed by atoms with Crippen LogP contribution in [0.1, 0.15) is 21.8 Å². The molecule has 0 aliphatic rings. The summed E-state index contributed by atoms with van der Waals surface area (Å²) in [5.74, 6) is -3.42. The van der Waals surface area contributed by atoms with E-state index >= 15 is 0 Å². The molecule has 0 N–H and O–H groups in total. The molecule has 5 nitrogen and oxygen atoms in total. The molecule has 0 unspecified atom stereocenters. The van der Waals surface area contributed by atoms with Gasteiger partial charge in [-0.15, -0.1) is 0 Å². The zero-order chi connectivity index (χ0) is 15.1. The predicted molar refractivity (Wildman–Crippen MR) is 64.1 cm³/mol. The summed E-state index contributed by atoms with van der Waals surface area (Å²) in [6, 6.07) is 2.17. The predicted octanol–water partition coefficient (Wildman–Crippen LogP) is 1.90. The van der Waals surface area contributed by atoms with Gasteiger partial charge < -0.3 is 4.52 Å². The second-order valence-corrected chi connectivity index (χ2v) is 6.14.